The highest BCUT2D eigenvalue weighted by molar-refractivity contribution is 7.79. The zero-order valence-corrected chi connectivity index (χ0v) is 12.0. The van der Waals surface area contributed by atoms with Gasteiger partial charge in [0.15, 0.2) is 11.1 Å². The number of benzene rings is 1. The van der Waals surface area contributed by atoms with Crippen LogP contribution in [-0.2, 0) is 17.5 Å². The summed E-state index contributed by atoms with van der Waals surface area (Å²) in [4.78, 5) is 0.485. The molecule has 1 N–H and O–H groups in total. The Morgan fingerprint density at radius 2 is 1.50 bits per heavy atom. The van der Waals surface area contributed by atoms with Gasteiger partial charge in [0.05, 0.1) is 4.90 Å². The third kappa shape index (κ3) is 6.31. The molecule has 3 heteroatoms. The van der Waals surface area contributed by atoms with E-state index in [1.54, 1.807) is 12.1 Å². The summed E-state index contributed by atoms with van der Waals surface area (Å²) in [7, 11) is 0. The van der Waals surface area contributed by atoms with Crippen molar-refractivity contribution in [3.8, 4) is 0 Å². The Morgan fingerprint density at radius 1 is 0.944 bits per heavy atom. The van der Waals surface area contributed by atoms with Gasteiger partial charge in [-0.05, 0) is 30.5 Å². The van der Waals surface area contributed by atoms with Crippen LogP contribution in [0.5, 0.6) is 0 Å². The molecule has 0 aliphatic carbocycles. The molecule has 0 fully saturated rings. The largest absolute Gasteiger partial charge is 0.302 e. The summed E-state index contributed by atoms with van der Waals surface area (Å²) in [6.07, 6.45) is 10.3. The molecule has 0 saturated carbocycles. The van der Waals surface area contributed by atoms with Crippen LogP contribution < -0.4 is 0 Å². The van der Waals surface area contributed by atoms with E-state index in [1.807, 2.05) is 12.1 Å². The molecule has 0 bridgehead atoms. The van der Waals surface area contributed by atoms with Gasteiger partial charge < -0.3 is 4.55 Å². The maximum atomic E-state index is 10.8. The molecule has 1 unspecified atom stereocenters. The van der Waals surface area contributed by atoms with Crippen LogP contribution in [0.25, 0.3) is 0 Å². The quantitative estimate of drug-likeness (QED) is 0.526. The Bertz CT molecular complexity index is 346. The van der Waals surface area contributed by atoms with Gasteiger partial charge in [-0.1, -0.05) is 57.6 Å². The van der Waals surface area contributed by atoms with Crippen molar-refractivity contribution >= 4 is 11.1 Å². The maximum Gasteiger partial charge on any atom is 0.186 e. The molecule has 0 aliphatic rings. The zero-order valence-electron chi connectivity index (χ0n) is 11.2. The first kappa shape index (κ1) is 15.4. The van der Waals surface area contributed by atoms with Crippen LogP contribution in [0.15, 0.2) is 29.2 Å². The van der Waals surface area contributed by atoms with Crippen molar-refractivity contribution < 1.29 is 8.76 Å². The molecule has 1 aromatic rings. The molecule has 0 spiro atoms. The predicted octanol–water partition coefficient (Wildman–Crippen LogP) is 4.56. The van der Waals surface area contributed by atoms with Gasteiger partial charge in [-0.15, -0.1) is 0 Å². The monoisotopic (exact) mass is 268 g/mol. The second-order valence-corrected chi connectivity index (χ2v) is 5.73. The summed E-state index contributed by atoms with van der Waals surface area (Å²) in [6, 6.07) is 7.40. The van der Waals surface area contributed by atoms with E-state index in [9.17, 15) is 4.21 Å². The number of rotatable bonds is 9. The minimum absolute atomic E-state index is 0.485. The first-order valence-corrected chi connectivity index (χ1v) is 8.04. The second-order valence-electron chi connectivity index (χ2n) is 4.76. The van der Waals surface area contributed by atoms with Gasteiger partial charge in [-0.25, -0.2) is 4.21 Å². The predicted molar refractivity (Wildman–Crippen MR) is 77.2 cm³/mol. The number of unbranched alkanes of at least 4 members (excludes halogenated alkanes) is 6. The summed E-state index contributed by atoms with van der Waals surface area (Å²) in [5, 5.41) is 0. The third-order valence-corrected chi connectivity index (χ3v) is 3.87. The topological polar surface area (TPSA) is 37.3 Å². The fourth-order valence-corrected chi connectivity index (χ4v) is 2.43. The smallest absolute Gasteiger partial charge is 0.186 e. The number of hydrogen-bond acceptors (Lipinski definition) is 1. The van der Waals surface area contributed by atoms with Crippen molar-refractivity contribution in [2.75, 3.05) is 0 Å². The maximum absolute atomic E-state index is 10.8. The van der Waals surface area contributed by atoms with Crippen LogP contribution >= 0.6 is 0 Å². The summed E-state index contributed by atoms with van der Waals surface area (Å²) in [6.45, 7) is 2.24. The molecule has 1 aromatic carbocycles. The zero-order chi connectivity index (χ0) is 13.2. The van der Waals surface area contributed by atoms with Crippen molar-refractivity contribution in [1.82, 2.24) is 0 Å². The molecule has 102 valence electrons. The average Bonchev–Trinajstić information content (AvgIpc) is 2.38. The minimum Gasteiger partial charge on any atom is -0.302 e. The third-order valence-electron chi connectivity index (χ3n) is 3.19. The molecule has 0 aromatic heterocycles. The fraction of sp³-hybridized carbons (Fsp3) is 0.600. The molecular formula is C15H24O2S. The lowest BCUT2D eigenvalue weighted by atomic mass is 10.0. The van der Waals surface area contributed by atoms with E-state index in [0.29, 0.717) is 4.90 Å². The normalized spacial score (nSPS) is 12.6. The number of aryl methyl sites for hydroxylation is 1. The Kier molecular flexibility index (Phi) is 7.94. The van der Waals surface area contributed by atoms with Crippen molar-refractivity contribution in [3.05, 3.63) is 29.8 Å². The molecule has 1 atom stereocenters. The summed E-state index contributed by atoms with van der Waals surface area (Å²) >= 11 is -1.85. The van der Waals surface area contributed by atoms with Crippen LogP contribution in [0.1, 0.15) is 57.4 Å². The highest BCUT2D eigenvalue weighted by atomic mass is 32.2. The van der Waals surface area contributed by atoms with Crippen molar-refractivity contribution in [2.24, 2.45) is 0 Å². The summed E-state index contributed by atoms with van der Waals surface area (Å²) in [5.74, 6) is 0. The van der Waals surface area contributed by atoms with Gasteiger partial charge in [0, 0.05) is 0 Å². The fourth-order valence-electron chi connectivity index (χ4n) is 2.06. The minimum atomic E-state index is -1.85. The van der Waals surface area contributed by atoms with E-state index < -0.39 is 11.1 Å². The molecular weight excluding hydrogens is 244 g/mol. The van der Waals surface area contributed by atoms with Crippen LogP contribution in [0.2, 0.25) is 0 Å². The average molecular weight is 268 g/mol. The van der Waals surface area contributed by atoms with Crippen LogP contribution in [0.3, 0.4) is 0 Å². The highest BCUT2D eigenvalue weighted by Crippen LogP contribution is 2.12. The first-order valence-electron chi connectivity index (χ1n) is 6.94. The van der Waals surface area contributed by atoms with Gasteiger partial charge in [0.2, 0.25) is 0 Å². The molecule has 0 amide bonds. The van der Waals surface area contributed by atoms with Crippen LogP contribution in [-0.4, -0.2) is 8.76 Å². The first-order chi connectivity index (χ1) is 8.74. The van der Waals surface area contributed by atoms with Gasteiger partial charge >= 0.3 is 0 Å². The summed E-state index contributed by atoms with van der Waals surface area (Å²) in [5.41, 5.74) is 1.26. The van der Waals surface area contributed by atoms with Gasteiger partial charge in [0.1, 0.15) is 0 Å². The lowest BCUT2D eigenvalue weighted by Gasteiger charge is -2.03. The highest BCUT2D eigenvalue weighted by Gasteiger charge is 1.99. The van der Waals surface area contributed by atoms with Gasteiger partial charge in [0.25, 0.3) is 0 Å². The van der Waals surface area contributed by atoms with E-state index in [0.717, 1.165) is 6.42 Å². The second kappa shape index (κ2) is 9.29. The Morgan fingerprint density at radius 3 is 2.06 bits per heavy atom. The molecule has 18 heavy (non-hydrogen) atoms. The van der Waals surface area contributed by atoms with Crippen molar-refractivity contribution in [3.63, 3.8) is 0 Å². The molecule has 1 rings (SSSR count). The van der Waals surface area contributed by atoms with E-state index in [1.165, 1.54) is 50.5 Å². The van der Waals surface area contributed by atoms with Crippen molar-refractivity contribution in [1.29, 1.82) is 0 Å². The van der Waals surface area contributed by atoms with E-state index in [4.69, 9.17) is 4.55 Å². The van der Waals surface area contributed by atoms with Crippen LogP contribution in [0.4, 0.5) is 0 Å². The molecule has 2 nitrogen and oxygen atoms in total. The molecule has 0 saturated heterocycles. The SMILES string of the molecule is CCCCCCCCCc1ccc(S(=O)O)cc1. The lowest BCUT2D eigenvalue weighted by molar-refractivity contribution is 0.564. The molecule has 0 radical (unpaired) electrons. The van der Waals surface area contributed by atoms with E-state index >= 15 is 0 Å². The van der Waals surface area contributed by atoms with Gasteiger partial charge in [-0.3, -0.25) is 0 Å². The van der Waals surface area contributed by atoms with E-state index in [2.05, 4.69) is 6.92 Å². The standard InChI is InChI=1S/C15H24O2S/c1-2-3-4-5-6-7-8-9-14-10-12-15(13-11-14)18(16)17/h10-13H,2-9H2,1H3,(H,16,17). The van der Waals surface area contributed by atoms with E-state index in [-0.39, 0.29) is 0 Å². The molecule has 0 heterocycles. The Labute approximate surface area is 113 Å². The molecule has 0 aliphatic heterocycles. The van der Waals surface area contributed by atoms with Crippen molar-refractivity contribution in [2.45, 2.75) is 63.2 Å². The van der Waals surface area contributed by atoms with Gasteiger partial charge in [-0.2, -0.15) is 0 Å². The summed E-state index contributed by atoms with van der Waals surface area (Å²) < 4.78 is 19.7. The number of hydrogen-bond donors (Lipinski definition) is 1. The Hall–Kier alpha value is -0.670. The van der Waals surface area contributed by atoms with Crippen LogP contribution in [0, 0.1) is 0 Å². The lowest BCUT2D eigenvalue weighted by Crippen LogP contribution is -1.90. The Balaban J connectivity index is 2.14.